The van der Waals surface area contributed by atoms with E-state index >= 15 is 0 Å². The molecule has 2 aromatic heterocycles. The Hall–Kier alpha value is -2.63. The van der Waals surface area contributed by atoms with Crippen LogP contribution in [-0.4, -0.2) is 63.3 Å². The summed E-state index contributed by atoms with van der Waals surface area (Å²) in [5.74, 6) is -0.961. The summed E-state index contributed by atoms with van der Waals surface area (Å²) in [6, 6.07) is 0. The summed E-state index contributed by atoms with van der Waals surface area (Å²) in [7, 11) is 1.51. The maximum absolute atomic E-state index is 11.1. The third-order valence-electron chi connectivity index (χ3n) is 4.22. The molecule has 12 heteroatoms. The molecule has 2 N–H and O–H groups in total. The van der Waals surface area contributed by atoms with Gasteiger partial charge in [-0.25, -0.2) is 24.5 Å². The van der Waals surface area contributed by atoms with Gasteiger partial charge in [-0.05, 0) is 19.2 Å². The van der Waals surface area contributed by atoms with Gasteiger partial charge in [-0.3, -0.25) is 4.98 Å². The van der Waals surface area contributed by atoms with Crippen LogP contribution in [0.1, 0.15) is 79.0 Å². The van der Waals surface area contributed by atoms with E-state index in [0.29, 0.717) is 6.32 Å². The van der Waals surface area contributed by atoms with E-state index in [-0.39, 0.29) is 16.5 Å². The molecule has 2 aromatic rings. The lowest BCUT2D eigenvalue weighted by molar-refractivity contribution is 0.0584. The van der Waals surface area contributed by atoms with E-state index in [0.717, 1.165) is 37.8 Å². The first kappa shape index (κ1) is 31.4. The normalized spacial score (nSPS) is 9.62. The van der Waals surface area contributed by atoms with Crippen molar-refractivity contribution in [2.75, 3.05) is 14.2 Å². The van der Waals surface area contributed by atoms with Crippen molar-refractivity contribution < 1.29 is 29.1 Å². The summed E-state index contributed by atoms with van der Waals surface area (Å²) in [5.41, 5.74) is 1.34. The molecule has 188 valence electrons. The van der Waals surface area contributed by atoms with Crippen LogP contribution < -0.4 is 0 Å². The third-order valence-corrected chi connectivity index (χ3v) is 4.41. The first-order valence-electron chi connectivity index (χ1n) is 11.1. The highest BCUT2D eigenvalue weighted by molar-refractivity contribution is 6.40. The highest BCUT2D eigenvalue weighted by Gasteiger charge is 2.07. The zero-order chi connectivity index (χ0) is 25.8. The van der Waals surface area contributed by atoms with E-state index in [4.69, 9.17) is 21.6 Å². The predicted molar refractivity (Wildman–Crippen MR) is 130 cm³/mol. The molecule has 0 saturated heterocycles. The Bertz CT molecular complexity index is 810. The number of carbonyl (C=O) groups is 2. The van der Waals surface area contributed by atoms with Gasteiger partial charge in [-0.2, -0.15) is 0 Å². The van der Waals surface area contributed by atoms with Crippen molar-refractivity contribution in [2.45, 2.75) is 65.1 Å². The fourth-order valence-electron chi connectivity index (χ4n) is 2.35. The van der Waals surface area contributed by atoms with Crippen molar-refractivity contribution in [1.29, 1.82) is 0 Å². The minimum absolute atomic E-state index is 0.150. The zero-order valence-corrected chi connectivity index (χ0v) is 21.0. The van der Waals surface area contributed by atoms with Crippen molar-refractivity contribution in [2.24, 2.45) is 0 Å². The van der Waals surface area contributed by atoms with Gasteiger partial charge < -0.3 is 19.5 Å². The Kier molecular flexibility index (Phi) is 18.3. The molecule has 0 aliphatic carbocycles. The Labute approximate surface area is 206 Å². The highest BCUT2D eigenvalue weighted by Crippen LogP contribution is 2.04. The van der Waals surface area contributed by atoms with Gasteiger partial charge in [0.25, 0.3) is 0 Å². The number of carbonyl (C=O) groups excluding carboxylic acids is 2. The SMILES string of the molecule is CCCCCB(O)O.CCCCCc1cnc(C(=O)OC)cn1.COC(=O)c1cnc(Cl)cn1. The molecule has 10 nitrogen and oxygen atoms in total. The summed E-state index contributed by atoms with van der Waals surface area (Å²) < 4.78 is 8.92. The third kappa shape index (κ3) is 15.3. The molecule has 0 saturated carbocycles. The minimum atomic E-state index is -1.10. The second kappa shape index (κ2) is 19.8. The van der Waals surface area contributed by atoms with E-state index < -0.39 is 19.1 Å². The smallest absolute Gasteiger partial charge is 0.451 e. The van der Waals surface area contributed by atoms with Crippen molar-refractivity contribution in [1.82, 2.24) is 19.9 Å². The minimum Gasteiger partial charge on any atom is -0.464 e. The number of aromatic nitrogens is 4. The van der Waals surface area contributed by atoms with Crippen LogP contribution in [0, 0.1) is 0 Å². The number of methoxy groups -OCH3 is 2. The summed E-state index contributed by atoms with van der Waals surface area (Å²) in [5, 5.41) is 16.9. The topological polar surface area (TPSA) is 145 Å². The molecule has 0 bridgehead atoms. The van der Waals surface area contributed by atoms with E-state index in [1.165, 1.54) is 45.7 Å². The molecule has 34 heavy (non-hydrogen) atoms. The van der Waals surface area contributed by atoms with Crippen LogP contribution in [0.2, 0.25) is 11.5 Å². The van der Waals surface area contributed by atoms with Crippen molar-refractivity contribution in [3.05, 3.63) is 47.0 Å². The molecule has 2 rings (SSSR count). The first-order valence-corrected chi connectivity index (χ1v) is 11.5. The molecule has 0 aliphatic rings. The van der Waals surface area contributed by atoms with Gasteiger partial charge in [0.15, 0.2) is 11.4 Å². The summed E-state index contributed by atoms with van der Waals surface area (Å²) in [4.78, 5) is 37.3. The number of hydrogen-bond donors (Lipinski definition) is 2. The maximum Gasteiger partial charge on any atom is 0.451 e. The molecule has 0 unspecified atom stereocenters. The van der Waals surface area contributed by atoms with Gasteiger partial charge >= 0.3 is 19.1 Å². The van der Waals surface area contributed by atoms with Crippen molar-refractivity contribution in [3.63, 3.8) is 0 Å². The number of unbranched alkanes of at least 4 members (excludes halogenated alkanes) is 4. The zero-order valence-electron chi connectivity index (χ0n) is 20.2. The van der Waals surface area contributed by atoms with E-state index in [1.807, 2.05) is 0 Å². The fourth-order valence-corrected chi connectivity index (χ4v) is 2.45. The lowest BCUT2D eigenvalue weighted by atomic mass is 9.84. The molecule has 2 heterocycles. The highest BCUT2D eigenvalue weighted by atomic mass is 35.5. The van der Waals surface area contributed by atoms with E-state index in [9.17, 15) is 9.59 Å². The second-order valence-electron chi connectivity index (χ2n) is 7.03. The van der Waals surface area contributed by atoms with Crippen LogP contribution in [0.15, 0.2) is 24.8 Å². The van der Waals surface area contributed by atoms with Crippen LogP contribution in [-0.2, 0) is 15.9 Å². The monoisotopic (exact) mass is 496 g/mol. The van der Waals surface area contributed by atoms with Crippen LogP contribution in [0.5, 0.6) is 0 Å². The number of rotatable bonds is 10. The fraction of sp³-hybridized carbons (Fsp3) is 0.545. The number of ether oxygens (including phenoxy) is 2. The second-order valence-corrected chi connectivity index (χ2v) is 7.42. The van der Waals surface area contributed by atoms with Crippen molar-refractivity contribution in [3.8, 4) is 0 Å². The molecule has 0 spiro atoms. The van der Waals surface area contributed by atoms with Crippen LogP contribution >= 0.6 is 11.6 Å². The lowest BCUT2D eigenvalue weighted by Crippen LogP contribution is -2.09. The number of nitrogens with zero attached hydrogens (tertiary/aromatic N) is 4. The summed E-state index contributed by atoms with van der Waals surface area (Å²) in [6.45, 7) is 4.25. The number of aryl methyl sites for hydroxylation is 1. The van der Waals surface area contributed by atoms with E-state index in [1.54, 1.807) is 6.20 Å². The van der Waals surface area contributed by atoms with Crippen molar-refractivity contribution >= 4 is 30.7 Å². The van der Waals surface area contributed by atoms with Gasteiger partial charge in [0.05, 0.1) is 38.5 Å². The molecular formula is C22H34BClN4O6. The van der Waals surface area contributed by atoms with E-state index in [2.05, 4.69) is 43.3 Å². The Balaban J connectivity index is 0.000000507. The summed E-state index contributed by atoms with van der Waals surface area (Å²) >= 11 is 5.43. The van der Waals surface area contributed by atoms with Gasteiger partial charge in [0.1, 0.15) is 5.15 Å². The summed E-state index contributed by atoms with van der Waals surface area (Å²) in [6.07, 6.45) is 13.7. The lowest BCUT2D eigenvalue weighted by Gasteiger charge is -2.00. The maximum atomic E-state index is 11.1. The molecule has 0 atom stereocenters. The predicted octanol–water partition coefficient (Wildman–Crippen LogP) is 3.56. The van der Waals surface area contributed by atoms with Gasteiger partial charge in [-0.15, -0.1) is 0 Å². The van der Waals surface area contributed by atoms with Crippen LogP contribution in [0.3, 0.4) is 0 Å². The Morgan fingerprint density at radius 3 is 1.76 bits per heavy atom. The number of halogens is 1. The van der Waals surface area contributed by atoms with Gasteiger partial charge in [-0.1, -0.05) is 57.6 Å². The van der Waals surface area contributed by atoms with Crippen LogP contribution in [0.25, 0.3) is 0 Å². The largest absolute Gasteiger partial charge is 0.464 e. The molecular weight excluding hydrogens is 463 g/mol. The van der Waals surface area contributed by atoms with Gasteiger partial charge in [0.2, 0.25) is 0 Å². The average molecular weight is 497 g/mol. The molecule has 0 radical (unpaired) electrons. The van der Waals surface area contributed by atoms with Crippen LogP contribution in [0.4, 0.5) is 0 Å². The number of hydrogen-bond acceptors (Lipinski definition) is 10. The quantitative estimate of drug-likeness (QED) is 0.284. The number of esters is 2. The molecule has 0 fully saturated rings. The first-order chi connectivity index (χ1) is 16.3. The molecule has 0 aromatic carbocycles. The molecule has 0 amide bonds. The Morgan fingerprint density at radius 2 is 1.35 bits per heavy atom. The van der Waals surface area contributed by atoms with Gasteiger partial charge in [0, 0.05) is 6.20 Å². The standard InChI is InChI=1S/C11H16N2O2.C6H5ClN2O2.C5H13BO2/c1-3-4-5-6-9-7-13-10(8-12-9)11(14)15-2;1-11-6(10)4-2-9-5(7)3-8-4;1-2-3-4-5-6(7)8/h7-8H,3-6H2,1-2H3;2-3H,1H3;7-8H,2-5H2,1H3. The molecule has 0 aliphatic heterocycles. The average Bonchev–Trinajstić information content (AvgIpc) is 2.85. The Morgan fingerprint density at radius 1 is 0.824 bits per heavy atom.